The van der Waals surface area contributed by atoms with Crippen molar-refractivity contribution in [3.63, 3.8) is 0 Å². The second-order valence-electron chi connectivity index (χ2n) is 8.95. The van der Waals surface area contributed by atoms with Gasteiger partial charge in [-0.25, -0.2) is 24.3 Å². The van der Waals surface area contributed by atoms with Crippen LogP contribution >= 0.6 is 0 Å². The van der Waals surface area contributed by atoms with Crippen LogP contribution in [0, 0.1) is 5.82 Å². The molecule has 0 saturated carbocycles. The normalized spacial score (nSPS) is 11.6. The number of nitrogens with zero attached hydrogens (tertiary/aromatic N) is 7. The van der Waals surface area contributed by atoms with Crippen molar-refractivity contribution in [2.24, 2.45) is 0 Å². The summed E-state index contributed by atoms with van der Waals surface area (Å²) in [6, 6.07) is 6.87. The molecule has 0 radical (unpaired) electrons. The van der Waals surface area contributed by atoms with Gasteiger partial charge >= 0.3 is 0 Å². The lowest BCUT2D eigenvalue weighted by Gasteiger charge is -2.12. The Balaban J connectivity index is 1.41. The van der Waals surface area contributed by atoms with E-state index in [9.17, 15) is 4.39 Å². The topological polar surface area (TPSA) is 124 Å². The SMILES string of the molecule is CN(C)CCNc1cc(F)cc(-c2cncc3[nH]c(-c4[nH]nc5ncc(-c6cncnc6)cc45)nc23)c1. The summed E-state index contributed by atoms with van der Waals surface area (Å²) in [7, 11) is 3.99. The summed E-state index contributed by atoms with van der Waals surface area (Å²) in [4.78, 5) is 27.3. The summed E-state index contributed by atoms with van der Waals surface area (Å²) in [6.45, 7) is 1.53. The molecule has 1 aromatic carbocycles. The highest BCUT2D eigenvalue weighted by atomic mass is 19.1. The molecule has 0 aliphatic carbocycles. The lowest BCUT2D eigenvalue weighted by molar-refractivity contribution is 0.425. The molecule has 5 aromatic heterocycles. The molecule has 0 fully saturated rings. The van der Waals surface area contributed by atoms with Crippen LogP contribution in [0.15, 0.2) is 61.6 Å². The van der Waals surface area contributed by atoms with Gasteiger partial charge < -0.3 is 15.2 Å². The van der Waals surface area contributed by atoms with Crippen LogP contribution in [-0.4, -0.2) is 72.2 Å². The fourth-order valence-electron chi connectivity index (χ4n) is 4.22. The predicted octanol–water partition coefficient (Wildman–Crippen LogP) is 4.13. The number of H-pyrrole nitrogens is 2. The largest absolute Gasteiger partial charge is 0.384 e. The molecule has 0 bridgehead atoms. The molecule has 11 heteroatoms. The molecule has 3 N–H and O–H groups in total. The number of likely N-dealkylation sites (N-methyl/N-ethyl adjacent to an activating group) is 1. The minimum Gasteiger partial charge on any atom is -0.384 e. The molecule has 0 unspecified atom stereocenters. The van der Waals surface area contributed by atoms with Gasteiger partial charge in [0.25, 0.3) is 0 Å². The zero-order chi connectivity index (χ0) is 25.4. The van der Waals surface area contributed by atoms with Crippen LogP contribution < -0.4 is 5.32 Å². The number of hydrogen-bond donors (Lipinski definition) is 3. The number of halogens is 1. The molecular weight excluding hydrogens is 471 g/mol. The summed E-state index contributed by atoms with van der Waals surface area (Å²) in [5.41, 5.74) is 6.48. The number of aromatic nitrogens is 8. The van der Waals surface area contributed by atoms with Crippen molar-refractivity contribution in [3.8, 4) is 33.8 Å². The monoisotopic (exact) mass is 494 g/mol. The molecule has 184 valence electrons. The zero-order valence-corrected chi connectivity index (χ0v) is 20.2. The van der Waals surface area contributed by atoms with Crippen LogP contribution in [0.1, 0.15) is 0 Å². The summed E-state index contributed by atoms with van der Waals surface area (Å²) >= 11 is 0. The zero-order valence-electron chi connectivity index (χ0n) is 20.2. The third-order valence-electron chi connectivity index (χ3n) is 6.03. The lowest BCUT2D eigenvalue weighted by Crippen LogP contribution is -2.20. The minimum atomic E-state index is -0.333. The van der Waals surface area contributed by atoms with Crippen molar-refractivity contribution in [2.45, 2.75) is 0 Å². The van der Waals surface area contributed by atoms with E-state index in [4.69, 9.17) is 4.98 Å². The maximum atomic E-state index is 14.6. The van der Waals surface area contributed by atoms with E-state index in [0.717, 1.165) is 34.1 Å². The standard InChI is InChI=1S/C26H23FN10/c1-37(2)4-3-31-19-6-15(5-18(27)8-19)21-12-28-13-22-23(21)34-26(33-22)24-20-7-16(11-32-25(20)36-35-24)17-9-29-14-30-10-17/h5-14,31H,3-4H2,1-2H3,(H,33,34)(H,32,35,36). The van der Waals surface area contributed by atoms with Crippen LogP contribution in [-0.2, 0) is 0 Å². The molecule has 37 heavy (non-hydrogen) atoms. The highest BCUT2D eigenvalue weighted by Crippen LogP contribution is 2.33. The molecule has 0 aliphatic rings. The van der Waals surface area contributed by atoms with Crippen molar-refractivity contribution < 1.29 is 4.39 Å². The van der Waals surface area contributed by atoms with E-state index < -0.39 is 0 Å². The van der Waals surface area contributed by atoms with E-state index in [1.165, 1.54) is 18.5 Å². The molecule has 5 heterocycles. The van der Waals surface area contributed by atoms with E-state index in [1.807, 2.05) is 26.2 Å². The van der Waals surface area contributed by atoms with Crippen LogP contribution in [0.4, 0.5) is 10.1 Å². The van der Waals surface area contributed by atoms with E-state index in [0.29, 0.717) is 40.5 Å². The van der Waals surface area contributed by atoms with Gasteiger partial charge in [0.05, 0.1) is 22.6 Å². The van der Waals surface area contributed by atoms with E-state index in [-0.39, 0.29) is 5.82 Å². The first-order chi connectivity index (χ1) is 18.0. The molecule has 10 nitrogen and oxygen atoms in total. The molecule has 6 rings (SSSR count). The Kier molecular flexibility index (Phi) is 5.73. The molecule has 0 aliphatic heterocycles. The Labute approximate surface area is 211 Å². The Morgan fingerprint density at radius 2 is 1.78 bits per heavy atom. The van der Waals surface area contributed by atoms with Gasteiger partial charge in [0.2, 0.25) is 0 Å². The summed E-state index contributed by atoms with van der Waals surface area (Å²) in [5, 5.41) is 11.5. The Bertz CT molecular complexity index is 1710. The smallest absolute Gasteiger partial charge is 0.181 e. The number of hydrogen-bond acceptors (Lipinski definition) is 8. The number of benzene rings is 1. The fraction of sp³-hybridized carbons (Fsp3) is 0.154. The number of anilines is 1. The molecule has 0 saturated heterocycles. The van der Waals surface area contributed by atoms with Gasteiger partial charge in [-0.15, -0.1) is 0 Å². The Morgan fingerprint density at radius 3 is 2.62 bits per heavy atom. The second-order valence-corrected chi connectivity index (χ2v) is 8.95. The van der Waals surface area contributed by atoms with Gasteiger partial charge in [0.1, 0.15) is 17.8 Å². The Morgan fingerprint density at radius 1 is 0.919 bits per heavy atom. The van der Waals surface area contributed by atoms with Crippen LogP contribution in [0.25, 0.3) is 55.8 Å². The first kappa shape index (κ1) is 22.7. The van der Waals surface area contributed by atoms with Gasteiger partial charge in [0.15, 0.2) is 11.5 Å². The van der Waals surface area contributed by atoms with Gasteiger partial charge in [-0.1, -0.05) is 0 Å². The summed E-state index contributed by atoms with van der Waals surface area (Å²) < 4.78 is 14.6. The molecule has 0 spiro atoms. The van der Waals surface area contributed by atoms with Crippen LogP contribution in [0.2, 0.25) is 0 Å². The van der Waals surface area contributed by atoms with E-state index in [1.54, 1.807) is 31.0 Å². The molecule has 6 aromatic rings. The van der Waals surface area contributed by atoms with E-state index in [2.05, 4.69) is 45.3 Å². The third kappa shape index (κ3) is 4.47. The van der Waals surface area contributed by atoms with Gasteiger partial charge in [-0.2, -0.15) is 5.10 Å². The number of rotatable bonds is 7. The highest BCUT2D eigenvalue weighted by molar-refractivity contribution is 5.97. The first-order valence-electron chi connectivity index (χ1n) is 11.7. The highest BCUT2D eigenvalue weighted by Gasteiger charge is 2.17. The van der Waals surface area contributed by atoms with Gasteiger partial charge in [0, 0.05) is 60.3 Å². The fourth-order valence-corrected chi connectivity index (χ4v) is 4.22. The van der Waals surface area contributed by atoms with E-state index >= 15 is 0 Å². The van der Waals surface area contributed by atoms with Gasteiger partial charge in [-0.3, -0.25) is 10.1 Å². The number of imidazole rings is 1. The molecule has 0 atom stereocenters. The van der Waals surface area contributed by atoms with Crippen molar-refractivity contribution in [2.75, 3.05) is 32.5 Å². The summed E-state index contributed by atoms with van der Waals surface area (Å²) in [6.07, 6.45) is 10.1. The Hall–Kier alpha value is -4.77. The van der Waals surface area contributed by atoms with Crippen molar-refractivity contribution in [3.05, 3.63) is 67.4 Å². The van der Waals surface area contributed by atoms with Crippen molar-refractivity contribution in [1.82, 2.24) is 45.0 Å². The van der Waals surface area contributed by atoms with Crippen LogP contribution in [0.3, 0.4) is 0 Å². The number of nitrogens with one attached hydrogen (secondary N) is 3. The first-order valence-corrected chi connectivity index (χ1v) is 11.7. The average Bonchev–Trinajstić information content (AvgIpc) is 3.52. The number of aromatic amines is 2. The second kappa shape index (κ2) is 9.36. The maximum Gasteiger partial charge on any atom is 0.181 e. The minimum absolute atomic E-state index is 0.333. The van der Waals surface area contributed by atoms with Crippen molar-refractivity contribution >= 4 is 27.8 Å². The van der Waals surface area contributed by atoms with Crippen LogP contribution in [0.5, 0.6) is 0 Å². The predicted molar refractivity (Wildman–Crippen MR) is 140 cm³/mol. The van der Waals surface area contributed by atoms with Crippen molar-refractivity contribution in [1.29, 1.82) is 0 Å². The average molecular weight is 495 g/mol. The molecular formula is C26H23FN10. The van der Waals surface area contributed by atoms with Gasteiger partial charge in [-0.05, 0) is 43.9 Å². The maximum absolute atomic E-state index is 14.6. The summed E-state index contributed by atoms with van der Waals surface area (Å²) in [5.74, 6) is 0.247. The third-order valence-corrected chi connectivity index (χ3v) is 6.03. The quantitative estimate of drug-likeness (QED) is 0.303. The molecule has 0 amide bonds. The lowest BCUT2D eigenvalue weighted by atomic mass is 10.1. The number of fused-ring (bicyclic) bond motifs is 2. The number of pyridine rings is 2.